The van der Waals surface area contributed by atoms with Gasteiger partial charge in [0.15, 0.2) is 0 Å². The van der Waals surface area contributed by atoms with Crippen molar-refractivity contribution in [1.29, 1.82) is 0 Å². The predicted molar refractivity (Wildman–Crippen MR) is 80.8 cm³/mol. The van der Waals surface area contributed by atoms with E-state index in [1.807, 2.05) is 24.3 Å². The first-order chi connectivity index (χ1) is 8.79. The molecule has 2 nitrogen and oxygen atoms in total. The maximum atomic E-state index is 10.2. The lowest BCUT2D eigenvalue weighted by Crippen LogP contribution is -1.97. The molecule has 0 aliphatic heterocycles. The van der Waals surface area contributed by atoms with Crippen molar-refractivity contribution in [3.8, 4) is 16.9 Å². The fourth-order valence-electron chi connectivity index (χ4n) is 1.61. The van der Waals surface area contributed by atoms with Crippen molar-refractivity contribution in [2.75, 3.05) is 6.61 Å². The fraction of sp³-hybridized carbons (Fsp3) is 0.133. The van der Waals surface area contributed by atoms with Gasteiger partial charge >= 0.3 is 0 Å². The number of benzene rings is 2. The van der Waals surface area contributed by atoms with Gasteiger partial charge in [0.1, 0.15) is 12.0 Å². The van der Waals surface area contributed by atoms with Crippen molar-refractivity contribution >= 4 is 28.9 Å². The van der Waals surface area contributed by atoms with Crippen LogP contribution in [0.5, 0.6) is 5.75 Å². The maximum absolute atomic E-state index is 10.2. The zero-order chi connectivity index (χ0) is 12.8. The molecule has 0 unspecified atom stereocenters. The number of ether oxygens (including phenoxy) is 1. The van der Waals surface area contributed by atoms with Crippen LogP contribution in [0.25, 0.3) is 11.1 Å². The monoisotopic (exact) mass is 352 g/mol. The minimum absolute atomic E-state index is 0.429. The van der Waals surface area contributed by atoms with E-state index in [2.05, 4.69) is 46.9 Å². The van der Waals surface area contributed by atoms with Gasteiger partial charge in [-0.1, -0.05) is 24.3 Å². The Hall–Kier alpha value is -1.36. The highest BCUT2D eigenvalue weighted by Crippen LogP contribution is 2.23. The average Bonchev–Trinajstić information content (AvgIpc) is 2.41. The first-order valence-corrected chi connectivity index (χ1v) is 6.80. The summed E-state index contributed by atoms with van der Waals surface area (Å²) >= 11 is 2.29. The van der Waals surface area contributed by atoms with E-state index in [4.69, 9.17) is 4.74 Å². The van der Waals surface area contributed by atoms with Crippen molar-refractivity contribution in [2.24, 2.45) is 0 Å². The highest BCUT2D eigenvalue weighted by Gasteiger charge is 1.98. The SMILES string of the molecule is O=CCCOc1ccc(-c2ccc(I)cc2)cc1. The lowest BCUT2D eigenvalue weighted by Gasteiger charge is -2.06. The van der Waals surface area contributed by atoms with Crippen molar-refractivity contribution in [3.63, 3.8) is 0 Å². The number of hydrogen-bond donors (Lipinski definition) is 0. The van der Waals surface area contributed by atoms with E-state index < -0.39 is 0 Å². The molecule has 0 heterocycles. The maximum Gasteiger partial charge on any atom is 0.123 e. The minimum atomic E-state index is 0.429. The Balaban J connectivity index is 2.07. The molecule has 3 heteroatoms. The topological polar surface area (TPSA) is 26.3 Å². The summed E-state index contributed by atoms with van der Waals surface area (Å²) in [6, 6.07) is 16.3. The van der Waals surface area contributed by atoms with Crippen LogP contribution in [-0.4, -0.2) is 12.9 Å². The van der Waals surface area contributed by atoms with Gasteiger partial charge in [0, 0.05) is 9.99 Å². The van der Waals surface area contributed by atoms with Gasteiger partial charge in [-0.05, 0) is 58.0 Å². The first-order valence-electron chi connectivity index (χ1n) is 5.72. The Labute approximate surface area is 120 Å². The van der Waals surface area contributed by atoms with Gasteiger partial charge in [-0.3, -0.25) is 0 Å². The molecule has 2 aromatic carbocycles. The van der Waals surface area contributed by atoms with E-state index in [1.54, 1.807) is 0 Å². The Morgan fingerprint density at radius 2 is 1.50 bits per heavy atom. The van der Waals surface area contributed by atoms with E-state index >= 15 is 0 Å². The number of carbonyl (C=O) groups excluding carboxylic acids is 1. The molecule has 18 heavy (non-hydrogen) atoms. The first kappa shape index (κ1) is 13.1. The number of hydrogen-bond acceptors (Lipinski definition) is 2. The summed E-state index contributed by atoms with van der Waals surface area (Å²) in [5.74, 6) is 0.797. The summed E-state index contributed by atoms with van der Waals surface area (Å²) in [7, 11) is 0. The molecule has 0 saturated heterocycles. The molecule has 0 spiro atoms. The van der Waals surface area contributed by atoms with Gasteiger partial charge in [-0.2, -0.15) is 0 Å². The van der Waals surface area contributed by atoms with Gasteiger partial charge < -0.3 is 9.53 Å². The van der Waals surface area contributed by atoms with Gasteiger partial charge in [-0.25, -0.2) is 0 Å². The molecule has 0 aromatic heterocycles. The molecule has 0 N–H and O–H groups in total. The summed E-state index contributed by atoms with van der Waals surface area (Å²) in [6.07, 6.45) is 1.29. The summed E-state index contributed by atoms with van der Waals surface area (Å²) < 4.78 is 6.65. The molecule has 92 valence electrons. The van der Waals surface area contributed by atoms with Crippen LogP contribution in [0.15, 0.2) is 48.5 Å². The highest BCUT2D eigenvalue weighted by molar-refractivity contribution is 14.1. The van der Waals surface area contributed by atoms with E-state index in [1.165, 1.54) is 9.13 Å². The van der Waals surface area contributed by atoms with E-state index in [0.29, 0.717) is 13.0 Å². The van der Waals surface area contributed by atoms with E-state index in [-0.39, 0.29) is 0 Å². The normalized spacial score (nSPS) is 10.1. The van der Waals surface area contributed by atoms with Crippen LogP contribution in [-0.2, 0) is 4.79 Å². The van der Waals surface area contributed by atoms with Crippen molar-refractivity contribution in [1.82, 2.24) is 0 Å². The van der Waals surface area contributed by atoms with Gasteiger partial charge in [0.2, 0.25) is 0 Å². The highest BCUT2D eigenvalue weighted by atomic mass is 127. The van der Waals surface area contributed by atoms with Crippen LogP contribution >= 0.6 is 22.6 Å². The van der Waals surface area contributed by atoms with E-state index in [9.17, 15) is 4.79 Å². The quantitative estimate of drug-likeness (QED) is 0.463. The lowest BCUT2D eigenvalue weighted by molar-refractivity contribution is -0.108. The third-order valence-electron chi connectivity index (χ3n) is 2.54. The van der Waals surface area contributed by atoms with Crippen molar-refractivity contribution in [3.05, 3.63) is 52.1 Å². The fourth-order valence-corrected chi connectivity index (χ4v) is 1.97. The van der Waals surface area contributed by atoms with Crippen LogP contribution in [0, 0.1) is 3.57 Å². The molecule has 0 aliphatic carbocycles. The summed E-state index contributed by atoms with van der Waals surface area (Å²) in [4.78, 5) is 10.2. The second-order valence-corrected chi connectivity index (χ2v) is 5.08. The third kappa shape index (κ3) is 3.57. The van der Waals surface area contributed by atoms with Crippen LogP contribution in [0.4, 0.5) is 0 Å². The van der Waals surface area contributed by atoms with Crippen LogP contribution in [0.3, 0.4) is 0 Å². The molecule has 0 amide bonds. The predicted octanol–water partition coefficient (Wildman–Crippen LogP) is 3.93. The minimum Gasteiger partial charge on any atom is -0.493 e. The molecule has 2 aromatic rings. The second kappa shape index (κ2) is 6.54. The number of halogens is 1. The van der Waals surface area contributed by atoms with Crippen LogP contribution in [0.2, 0.25) is 0 Å². The van der Waals surface area contributed by atoms with Gasteiger partial charge in [-0.15, -0.1) is 0 Å². The Kier molecular flexibility index (Phi) is 4.75. The zero-order valence-electron chi connectivity index (χ0n) is 9.80. The summed E-state index contributed by atoms with van der Waals surface area (Å²) in [5, 5.41) is 0. The van der Waals surface area contributed by atoms with Crippen LogP contribution in [0.1, 0.15) is 6.42 Å². The molecule has 0 radical (unpaired) electrons. The molecular weight excluding hydrogens is 339 g/mol. The molecule has 0 atom stereocenters. The van der Waals surface area contributed by atoms with Crippen molar-refractivity contribution in [2.45, 2.75) is 6.42 Å². The standard InChI is InChI=1S/C15H13IO2/c16-14-6-2-12(3-7-14)13-4-8-15(9-5-13)18-11-1-10-17/h2-10H,1,11H2. The van der Waals surface area contributed by atoms with Crippen molar-refractivity contribution < 1.29 is 9.53 Å². The Morgan fingerprint density at radius 3 is 2.06 bits per heavy atom. The Bertz CT molecular complexity index is 503. The summed E-state index contributed by atoms with van der Waals surface area (Å²) in [5.41, 5.74) is 2.35. The molecular formula is C15H13IO2. The lowest BCUT2D eigenvalue weighted by atomic mass is 10.1. The second-order valence-electron chi connectivity index (χ2n) is 3.84. The van der Waals surface area contributed by atoms with Gasteiger partial charge in [0.25, 0.3) is 0 Å². The van der Waals surface area contributed by atoms with Crippen LogP contribution < -0.4 is 4.74 Å². The molecule has 0 fully saturated rings. The number of carbonyl (C=O) groups is 1. The molecule has 0 bridgehead atoms. The smallest absolute Gasteiger partial charge is 0.123 e. The van der Waals surface area contributed by atoms with Gasteiger partial charge in [0.05, 0.1) is 6.61 Å². The average molecular weight is 352 g/mol. The summed E-state index contributed by atoms with van der Waals surface area (Å²) in [6.45, 7) is 0.437. The molecule has 2 rings (SSSR count). The number of rotatable bonds is 5. The largest absolute Gasteiger partial charge is 0.493 e. The van der Waals surface area contributed by atoms with E-state index in [0.717, 1.165) is 17.6 Å². The third-order valence-corrected chi connectivity index (χ3v) is 3.26. The zero-order valence-corrected chi connectivity index (χ0v) is 12.0. The molecule has 0 aliphatic rings. The molecule has 0 saturated carbocycles. The Morgan fingerprint density at radius 1 is 0.944 bits per heavy atom. The number of aldehydes is 1.